The molecule has 0 radical (unpaired) electrons. The molecule has 0 aliphatic heterocycles. The maximum absolute atomic E-state index is 11.2. The summed E-state index contributed by atoms with van der Waals surface area (Å²) in [5.74, 6) is 0.450. The fraction of sp³-hybridized carbons (Fsp3) is 0.500. The van der Waals surface area contributed by atoms with E-state index < -0.39 is 5.97 Å². The van der Waals surface area contributed by atoms with Gasteiger partial charge in [-0.2, -0.15) is 0 Å². The topological polar surface area (TPSA) is 68.9 Å². The molecule has 0 bridgehead atoms. The molecule has 5 nitrogen and oxygen atoms in total. The molecular weight excluding hydrogens is 200 g/mol. The van der Waals surface area contributed by atoms with E-state index in [1.54, 1.807) is 6.07 Å². The van der Waals surface area contributed by atoms with Gasteiger partial charge in [-0.15, -0.1) is 0 Å². The molecule has 0 unspecified atom stereocenters. The number of hydrogen-bond acceptors (Lipinski definition) is 5. The minimum Gasteiger partial charge on any atom is -0.492 e. The van der Waals surface area contributed by atoms with Crippen LogP contribution in [0, 0.1) is 0 Å². The van der Waals surface area contributed by atoms with Crippen LogP contribution >= 0.6 is 0 Å². The Hall–Kier alpha value is -1.49. The van der Waals surface area contributed by atoms with Crippen molar-refractivity contribution in [3.8, 4) is 5.75 Å². The fourth-order valence-electron chi connectivity index (χ4n) is 1.19. The molecule has 1 heterocycles. The summed E-state index contributed by atoms with van der Waals surface area (Å²) >= 11 is 0. The van der Waals surface area contributed by atoms with Crippen LogP contribution in [0.15, 0.2) is 10.5 Å². The second-order valence-corrected chi connectivity index (χ2v) is 2.93. The second kappa shape index (κ2) is 5.41. The Balaban J connectivity index is 2.85. The van der Waals surface area contributed by atoms with Crippen LogP contribution in [0.25, 0.3) is 0 Å². The van der Waals surface area contributed by atoms with E-state index in [0.717, 1.165) is 0 Å². The molecule has 0 amide bonds. The summed E-state index contributed by atoms with van der Waals surface area (Å²) in [6, 6.07) is 1.63. The molecule has 1 aromatic rings. The average molecular weight is 214 g/mol. The minimum absolute atomic E-state index is 0.0629. The molecule has 0 saturated heterocycles. The summed E-state index contributed by atoms with van der Waals surface area (Å²) in [4.78, 5) is 11.2. The van der Waals surface area contributed by atoms with Crippen molar-refractivity contribution in [3.63, 3.8) is 0 Å². The quantitative estimate of drug-likeness (QED) is 0.740. The van der Waals surface area contributed by atoms with Crippen molar-refractivity contribution in [2.24, 2.45) is 0 Å². The van der Waals surface area contributed by atoms with E-state index in [0.29, 0.717) is 24.4 Å². The first kappa shape index (κ1) is 11.6. The first-order chi connectivity index (χ1) is 7.22. The van der Waals surface area contributed by atoms with Crippen LogP contribution in [0.5, 0.6) is 5.75 Å². The zero-order valence-corrected chi connectivity index (χ0v) is 8.78. The Bertz CT molecular complexity index is 329. The zero-order chi connectivity index (χ0) is 11.3. The van der Waals surface area contributed by atoms with Crippen molar-refractivity contribution >= 4 is 5.97 Å². The van der Waals surface area contributed by atoms with Crippen molar-refractivity contribution in [3.05, 3.63) is 17.6 Å². The number of aryl methyl sites for hydroxylation is 1. The minimum atomic E-state index is -0.568. The van der Waals surface area contributed by atoms with E-state index in [4.69, 9.17) is 14.3 Å². The van der Waals surface area contributed by atoms with Crippen LogP contribution in [-0.2, 0) is 11.2 Å². The number of methoxy groups -OCH3 is 2. The summed E-state index contributed by atoms with van der Waals surface area (Å²) in [5.41, 5.74) is 0. The lowest BCUT2D eigenvalue weighted by atomic mass is 10.2. The van der Waals surface area contributed by atoms with Crippen molar-refractivity contribution in [1.29, 1.82) is 0 Å². The molecule has 1 N–H and O–H groups in total. The average Bonchev–Trinajstić information content (AvgIpc) is 2.68. The van der Waals surface area contributed by atoms with E-state index in [1.165, 1.54) is 14.2 Å². The predicted molar refractivity (Wildman–Crippen MR) is 52.0 cm³/mol. The first-order valence-corrected chi connectivity index (χ1v) is 4.58. The highest BCUT2D eigenvalue weighted by atomic mass is 16.5. The van der Waals surface area contributed by atoms with Crippen molar-refractivity contribution in [2.45, 2.75) is 12.8 Å². The van der Waals surface area contributed by atoms with Gasteiger partial charge >= 0.3 is 5.97 Å². The van der Waals surface area contributed by atoms with Crippen molar-refractivity contribution in [1.82, 2.24) is 0 Å². The van der Waals surface area contributed by atoms with E-state index in [2.05, 4.69) is 4.74 Å². The van der Waals surface area contributed by atoms with Gasteiger partial charge in [0.15, 0.2) is 5.75 Å². The number of ether oxygens (including phenoxy) is 2. The lowest BCUT2D eigenvalue weighted by Gasteiger charge is -1.97. The van der Waals surface area contributed by atoms with Crippen LogP contribution < -0.4 is 4.74 Å². The van der Waals surface area contributed by atoms with Crippen LogP contribution in [0.4, 0.5) is 0 Å². The smallest absolute Gasteiger partial charge is 0.377 e. The van der Waals surface area contributed by atoms with Crippen LogP contribution in [0.1, 0.15) is 22.7 Å². The summed E-state index contributed by atoms with van der Waals surface area (Å²) in [6.45, 7) is 0.0799. The third kappa shape index (κ3) is 2.73. The number of furan rings is 1. The zero-order valence-electron chi connectivity index (χ0n) is 8.78. The van der Waals surface area contributed by atoms with Gasteiger partial charge in [-0.3, -0.25) is 0 Å². The molecule has 84 valence electrons. The Labute approximate surface area is 87.6 Å². The van der Waals surface area contributed by atoms with E-state index in [9.17, 15) is 4.79 Å². The molecule has 0 saturated carbocycles. The Morgan fingerprint density at radius 3 is 2.80 bits per heavy atom. The largest absolute Gasteiger partial charge is 0.492 e. The van der Waals surface area contributed by atoms with Gasteiger partial charge in [0.25, 0.3) is 5.76 Å². The Kier molecular flexibility index (Phi) is 4.17. The summed E-state index contributed by atoms with van der Waals surface area (Å²) in [6.07, 6.45) is 1.14. The number of aliphatic hydroxyl groups is 1. The maximum atomic E-state index is 11.2. The number of rotatable bonds is 5. The Morgan fingerprint density at radius 2 is 2.27 bits per heavy atom. The fourth-order valence-corrected chi connectivity index (χ4v) is 1.19. The van der Waals surface area contributed by atoms with E-state index in [-0.39, 0.29) is 12.4 Å². The standard InChI is InChI=1S/C10H14O5/c1-13-8-6-7(4-3-5-11)15-9(8)10(12)14-2/h6,11H,3-5H2,1-2H3. The third-order valence-electron chi connectivity index (χ3n) is 1.92. The van der Waals surface area contributed by atoms with Gasteiger partial charge in [-0.1, -0.05) is 0 Å². The summed E-state index contributed by atoms with van der Waals surface area (Å²) in [7, 11) is 2.73. The van der Waals surface area contributed by atoms with Gasteiger partial charge in [0, 0.05) is 19.1 Å². The molecule has 0 fully saturated rings. The molecule has 5 heteroatoms. The van der Waals surface area contributed by atoms with Crippen LogP contribution in [-0.4, -0.2) is 31.9 Å². The first-order valence-electron chi connectivity index (χ1n) is 4.58. The predicted octanol–water partition coefficient (Wildman–Crippen LogP) is 1.000. The highest BCUT2D eigenvalue weighted by molar-refractivity contribution is 5.89. The molecule has 1 aromatic heterocycles. The van der Waals surface area contributed by atoms with Gasteiger partial charge in [-0.25, -0.2) is 4.79 Å². The molecular formula is C10H14O5. The normalized spacial score (nSPS) is 10.1. The highest BCUT2D eigenvalue weighted by Crippen LogP contribution is 2.24. The van der Waals surface area contributed by atoms with Crippen molar-refractivity contribution in [2.75, 3.05) is 20.8 Å². The van der Waals surface area contributed by atoms with Gasteiger partial charge in [0.1, 0.15) is 5.76 Å². The van der Waals surface area contributed by atoms with Gasteiger partial charge in [-0.05, 0) is 6.42 Å². The number of carbonyl (C=O) groups is 1. The lowest BCUT2D eigenvalue weighted by molar-refractivity contribution is 0.0558. The highest BCUT2D eigenvalue weighted by Gasteiger charge is 2.19. The molecule has 0 aliphatic rings. The maximum Gasteiger partial charge on any atom is 0.377 e. The SMILES string of the molecule is COC(=O)c1oc(CCCO)cc1OC. The van der Waals surface area contributed by atoms with E-state index >= 15 is 0 Å². The summed E-state index contributed by atoms with van der Waals surface area (Å²) in [5, 5.41) is 8.65. The third-order valence-corrected chi connectivity index (χ3v) is 1.92. The molecule has 0 atom stereocenters. The van der Waals surface area contributed by atoms with E-state index in [1.807, 2.05) is 0 Å². The Morgan fingerprint density at radius 1 is 1.53 bits per heavy atom. The van der Waals surface area contributed by atoms with Crippen LogP contribution in [0.3, 0.4) is 0 Å². The monoisotopic (exact) mass is 214 g/mol. The van der Waals surface area contributed by atoms with Gasteiger partial charge in [0.2, 0.25) is 0 Å². The number of aliphatic hydroxyl groups excluding tert-OH is 1. The molecule has 0 aromatic carbocycles. The molecule has 15 heavy (non-hydrogen) atoms. The lowest BCUT2D eigenvalue weighted by Crippen LogP contribution is -2.01. The van der Waals surface area contributed by atoms with Gasteiger partial charge < -0.3 is 19.0 Å². The molecule has 0 aliphatic carbocycles. The number of carbonyl (C=O) groups excluding carboxylic acids is 1. The number of esters is 1. The van der Waals surface area contributed by atoms with Crippen molar-refractivity contribution < 1.29 is 23.8 Å². The van der Waals surface area contributed by atoms with Crippen LogP contribution in [0.2, 0.25) is 0 Å². The molecule has 1 rings (SSSR count). The summed E-state index contributed by atoms with van der Waals surface area (Å²) < 4.78 is 14.8. The number of hydrogen-bond donors (Lipinski definition) is 1. The van der Waals surface area contributed by atoms with Gasteiger partial charge in [0.05, 0.1) is 14.2 Å². The second-order valence-electron chi connectivity index (χ2n) is 2.93. The molecule has 0 spiro atoms.